The number of rotatable bonds is 2. The molecule has 0 spiro atoms. The van der Waals surface area contributed by atoms with E-state index in [1.54, 1.807) is 0 Å². The number of nitrogens with zero attached hydrogens (tertiary/aromatic N) is 1. The quantitative estimate of drug-likeness (QED) is 0.558. The number of hydrogen-bond acceptors (Lipinski definition) is 4. The van der Waals surface area contributed by atoms with E-state index in [9.17, 15) is 5.11 Å². The molecule has 0 fully saturated rings. The maximum Gasteiger partial charge on any atom is 0.180 e. The molecule has 0 saturated heterocycles. The van der Waals surface area contributed by atoms with Gasteiger partial charge in [-0.25, -0.2) is 0 Å². The van der Waals surface area contributed by atoms with Gasteiger partial charge in [0.05, 0.1) is 0 Å². The molecule has 0 unspecified atom stereocenters. The summed E-state index contributed by atoms with van der Waals surface area (Å²) in [6.07, 6.45) is 1.03. The van der Waals surface area contributed by atoms with E-state index in [-0.39, 0.29) is 11.3 Å². The fraction of sp³-hybridized carbons (Fsp3) is 0.125. The van der Waals surface area contributed by atoms with Crippen LogP contribution in [0.5, 0.6) is 5.75 Å². The fourth-order valence-electron chi connectivity index (χ4n) is 0.778. The summed E-state index contributed by atoms with van der Waals surface area (Å²) in [5, 5.41) is 26.6. The summed E-state index contributed by atoms with van der Waals surface area (Å²) in [6.45, 7) is 3.42. The van der Waals surface area contributed by atoms with Gasteiger partial charge in [-0.3, -0.25) is 4.98 Å². The van der Waals surface area contributed by atoms with Crippen molar-refractivity contribution >= 4 is 6.08 Å². The normalized spacial score (nSPS) is 10.2. The predicted molar refractivity (Wildman–Crippen MR) is 43.2 cm³/mol. The highest BCUT2D eigenvalue weighted by molar-refractivity contribution is 5.50. The minimum atomic E-state index is -1.61. The van der Waals surface area contributed by atoms with Crippen LogP contribution in [0.15, 0.2) is 18.8 Å². The zero-order valence-electron chi connectivity index (χ0n) is 6.31. The Morgan fingerprint density at radius 3 is 2.58 bits per heavy atom. The molecule has 0 aliphatic heterocycles. The molecule has 0 aliphatic carbocycles. The zero-order chi connectivity index (χ0) is 9.14. The van der Waals surface area contributed by atoms with E-state index >= 15 is 0 Å². The number of pyridine rings is 1. The molecule has 64 valence electrons. The Kier molecular flexibility index (Phi) is 2.42. The van der Waals surface area contributed by atoms with E-state index in [0.29, 0.717) is 5.69 Å². The van der Waals surface area contributed by atoms with Crippen LogP contribution >= 0.6 is 0 Å². The van der Waals surface area contributed by atoms with Crippen LogP contribution < -0.4 is 0 Å². The molecule has 4 heteroatoms. The summed E-state index contributed by atoms with van der Waals surface area (Å²) in [4.78, 5) is 3.73. The second-order valence-corrected chi connectivity index (χ2v) is 2.25. The van der Waals surface area contributed by atoms with Gasteiger partial charge in [-0.1, -0.05) is 6.58 Å². The van der Waals surface area contributed by atoms with Crippen LogP contribution in [-0.2, 0) is 0 Å². The van der Waals surface area contributed by atoms with Crippen LogP contribution in [0.25, 0.3) is 6.08 Å². The Hall–Kier alpha value is -1.39. The Morgan fingerprint density at radius 1 is 1.50 bits per heavy atom. The third-order valence-corrected chi connectivity index (χ3v) is 1.41. The van der Waals surface area contributed by atoms with Gasteiger partial charge in [0.15, 0.2) is 6.29 Å². The smallest absolute Gasteiger partial charge is 0.180 e. The van der Waals surface area contributed by atoms with Gasteiger partial charge >= 0.3 is 0 Å². The van der Waals surface area contributed by atoms with Gasteiger partial charge in [0.1, 0.15) is 11.4 Å². The molecule has 1 aromatic heterocycles. The lowest BCUT2D eigenvalue weighted by Gasteiger charge is -2.04. The van der Waals surface area contributed by atoms with Crippen molar-refractivity contribution in [3.05, 3.63) is 30.1 Å². The molecule has 3 N–H and O–H groups in total. The number of aliphatic hydroxyl groups is 2. The monoisotopic (exact) mass is 167 g/mol. The molecular weight excluding hydrogens is 158 g/mol. The topological polar surface area (TPSA) is 73.6 Å². The fourth-order valence-corrected chi connectivity index (χ4v) is 0.778. The van der Waals surface area contributed by atoms with E-state index in [2.05, 4.69) is 11.6 Å². The van der Waals surface area contributed by atoms with Gasteiger partial charge in [0.2, 0.25) is 0 Å². The number of aliphatic hydroxyl groups excluding tert-OH is 1. The Morgan fingerprint density at radius 2 is 2.17 bits per heavy atom. The minimum Gasteiger partial charge on any atom is -0.506 e. The maximum atomic E-state index is 9.18. The van der Waals surface area contributed by atoms with Gasteiger partial charge in [-0.2, -0.15) is 0 Å². The molecule has 0 aromatic carbocycles. The van der Waals surface area contributed by atoms with Crippen molar-refractivity contribution in [2.75, 3.05) is 0 Å². The van der Waals surface area contributed by atoms with E-state index in [1.165, 1.54) is 18.3 Å². The Bertz CT molecular complexity index is 296. The molecule has 1 aromatic rings. The van der Waals surface area contributed by atoms with Crippen LogP contribution in [0.1, 0.15) is 17.5 Å². The van der Waals surface area contributed by atoms with Crippen molar-refractivity contribution in [2.24, 2.45) is 0 Å². The van der Waals surface area contributed by atoms with E-state index in [0.717, 1.165) is 0 Å². The van der Waals surface area contributed by atoms with Gasteiger partial charge in [0.25, 0.3) is 0 Å². The van der Waals surface area contributed by atoms with Crippen LogP contribution in [0.2, 0.25) is 0 Å². The lowest BCUT2D eigenvalue weighted by molar-refractivity contribution is -0.0428. The molecule has 1 heterocycles. The zero-order valence-corrected chi connectivity index (χ0v) is 6.31. The van der Waals surface area contributed by atoms with E-state index < -0.39 is 6.29 Å². The van der Waals surface area contributed by atoms with Crippen molar-refractivity contribution in [1.82, 2.24) is 4.98 Å². The first kappa shape index (κ1) is 8.70. The van der Waals surface area contributed by atoms with E-state index in [4.69, 9.17) is 10.2 Å². The molecule has 1 rings (SSSR count). The average molecular weight is 167 g/mol. The molecule has 0 saturated carbocycles. The highest BCUT2D eigenvalue weighted by Gasteiger charge is 2.05. The highest BCUT2D eigenvalue weighted by atomic mass is 16.5. The summed E-state index contributed by atoms with van der Waals surface area (Å²) >= 11 is 0. The number of hydrogen-bond donors (Lipinski definition) is 3. The molecular formula is C8H9NO3. The lowest BCUT2D eigenvalue weighted by Crippen LogP contribution is -1.96. The van der Waals surface area contributed by atoms with Crippen LogP contribution in [0.3, 0.4) is 0 Å². The molecule has 0 amide bonds. The van der Waals surface area contributed by atoms with Crippen molar-refractivity contribution in [3.8, 4) is 5.75 Å². The summed E-state index contributed by atoms with van der Waals surface area (Å²) in [5.41, 5.74) is 0.470. The van der Waals surface area contributed by atoms with Crippen LogP contribution in [-0.4, -0.2) is 20.3 Å². The molecule has 0 bridgehead atoms. The van der Waals surface area contributed by atoms with E-state index in [1.807, 2.05) is 0 Å². The van der Waals surface area contributed by atoms with Gasteiger partial charge < -0.3 is 15.3 Å². The second-order valence-electron chi connectivity index (χ2n) is 2.25. The molecule has 0 radical (unpaired) electrons. The standard InChI is InChI=1S/C8H9NO3/c1-2-6-7(10)3-5(4-9-6)8(11)12/h2-4,8,10-12H,1H2. The van der Waals surface area contributed by atoms with Crippen LogP contribution in [0.4, 0.5) is 0 Å². The first-order valence-electron chi connectivity index (χ1n) is 3.32. The average Bonchev–Trinajstić information content (AvgIpc) is 2.04. The van der Waals surface area contributed by atoms with Crippen LogP contribution in [0, 0.1) is 0 Å². The molecule has 0 aliphatic rings. The third-order valence-electron chi connectivity index (χ3n) is 1.41. The molecule has 0 atom stereocenters. The molecule has 4 nitrogen and oxygen atoms in total. The summed E-state index contributed by atoms with van der Waals surface area (Å²) in [5.74, 6) is -0.115. The first-order chi connectivity index (χ1) is 5.65. The largest absolute Gasteiger partial charge is 0.506 e. The predicted octanol–water partition coefficient (Wildman–Crippen LogP) is 0.413. The highest BCUT2D eigenvalue weighted by Crippen LogP contribution is 2.19. The first-order valence-corrected chi connectivity index (χ1v) is 3.32. The van der Waals surface area contributed by atoms with Crippen molar-refractivity contribution in [1.29, 1.82) is 0 Å². The lowest BCUT2D eigenvalue weighted by atomic mass is 10.2. The summed E-state index contributed by atoms with van der Waals surface area (Å²) < 4.78 is 0. The minimum absolute atomic E-state index is 0.115. The van der Waals surface area contributed by atoms with Crippen molar-refractivity contribution in [3.63, 3.8) is 0 Å². The molecule has 12 heavy (non-hydrogen) atoms. The van der Waals surface area contributed by atoms with Gasteiger partial charge in [-0.05, 0) is 12.1 Å². The number of aromatic hydroxyl groups is 1. The van der Waals surface area contributed by atoms with Crippen molar-refractivity contribution in [2.45, 2.75) is 6.29 Å². The van der Waals surface area contributed by atoms with Gasteiger partial charge in [-0.15, -0.1) is 0 Å². The SMILES string of the molecule is C=Cc1ncc(C(O)O)cc1O. The summed E-state index contributed by atoms with van der Waals surface area (Å²) in [6, 6.07) is 1.23. The summed E-state index contributed by atoms with van der Waals surface area (Å²) in [7, 11) is 0. The van der Waals surface area contributed by atoms with Gasteiger partial charge in [0, 0.05) is 11.8 Å². The third kappa shape index (κ3) is 1.61. The number of aromatic nitrogens is 1. The maximum absolute atomic E-state index is 9.18. The Labute approximate surface area is 69.4 Å². The Balaban J connectivity index is 3.10. The van der Waals surface area contributed by atoms with Crippen molar-refractivity contribution < 1.29 is 15.3 Å². The second kappa shape index (κ2) is 3.34.